The maximum Gasteiger partial charge on any atom is 0.223 e. The number of aromatic nitrogens is 3. The number of benzene rings is 1. The summed E-state index contributed by atoms with van der Waals surface area (Å²) in [6.45, 7) is 2.03. The van der Waals surface area contributed by atoms with Crippen molar-refractivity contribution in [1.82, 2.24) is 14.8 Å². The van der Waals surface area contributed by atoms with Gasteiger partial charge in [0.25, 0.3) is 0 Å². The van der Waals surface area contributed by atoms with Crippen molar-refractivity contribution >= 4 is 5.95 Å². The summed E-state index contributed by atoms with van der Waals surface area (Å²) in [5.41, 5.74) is 2.13. The molecule has 2 rings (SSSR count). The molecular formula is C13H18N4O. The zero-order chi connectivity index (χ0) is 13.3. The molecule has 18 heavy (non-hydrogen) atoms. The highest BCUT2D eigenvalue weighted by Crippen LogP contribution is 2.25. The predicted molar refractivity (Wildman–Crippen MR) is 72.1 cm³/mol. The number of rotatable bonds is 3. The van der Waals surface area contributed by atoms with Crippen LogP contribution in [0.4, 0.5) is 5.95 Å². The van der Waals surface area contributed by atoms with E-state index in [0.29, 0.717) is 0 Å². The number of hydrogen-bond donors (Lipinski definition) is 0. The Hall–Kier alpha value is -2.04. The van der Waals surface area contributed by atoms with Crippen molar-refractivity contribution in [3.05, 3.63) is 23.8 Å². The summed E-state index contributed by atoms with van der Waals surface area (Å²) in [6, 6.07) is 5.90. The van der Waals surface area contributed by atoms with Gasteiger partial charge in [0, 0.05) is 26.7 Å². The molecule has 2 aromatic rings. The van der Waals surface area contributed by atoms with Crippen molar-refractivity contribution in [1.29, 1.82) is 0 Å². The molecule has 0 N–H and O–H groups in total. The van der Waals surface area contributed by atoms with Gasteiger partial charge in [-0.05, 0) is 30.7 Å². The van der Waals surface area contributed by atoms with Gasteiger partial charge in [0.1, 0.15) is 5.75 Å². The molecule has 0 bridgehead atoms. The molecule has 0 aliphatic rings. The van der Waals surface area contributed by atoms with E-state index in [-0.39, 0.29) is 0 Å². The summed E-state index contributed by atoms with van der Waals surface area (Å²) in [5, 5.41) is 4.44. The molecule has 0 aliphatic carbocycles. The van der Waals surface area contributed by atoms with Crippen molar-refractivity contribution in [3.8, 4) is 17.1 Å². The Bertz CT molecular complexity index is 560. The zero-order valence-electron chi connectivity index (χ0n) is 11.4. The highest BCUT2D eigenvalue weighted by Gasteiger charge is 2.12. The Morgan fingerprint density at radius 3 is 2.50 bits per heavy atom. The van der Waals surface area contributed by atoms with E-state index < -0.39 is 0 Å². The van der Waals surface area contributed by atoms with Crippen LogP contribution in [-0.2, 0) is 7.05 Å². The lowest BCUT2D eigenvalue weighted by molar-refractivity contribution is 0.414. The third-order valence-corrected chi connectivity index (χ3v) is 2.81. The SMILES string of the molecule is COc1ccc(-c2nc(N(C)C)n(C)n2)c(C)c1. The molecule has 0 fully saturated rings. The molecule has 96 valence electrons. The number of anilines is 1. The van der Waals surface area contributed by atoms with Crippen LogP contribution >= 0.6 is 0 Å². The Kier molecular flexibility index (Phi) is 3.23. The molecule has 1 aromatic heterocycles. The number of nitrogens with zero attached hydrogens (tertiary/aromatic N) is 4. The van der Waals surface area contributed by atoms with E-state index in [0.717, 1.165) is 28.6 Å². The Labute approximate surface area is 107 Å². The maximum atomic E-state index is 5.20. The molecule has 1 heterocycles. The van der Waals surface area contributed by atoms with Crippen molar-refractivity contribution < 1.29 is 4.74 Å². The molecule has 0 radical (unpaired) electrons. The van der Waals surface area contributed by atoms with Crippen molar-refractivity contribution in [2.75, 3.05) is 26.1 Å². The standard InChI is InChI=1S/C13H18N4O/c1-9-8-10(18-5)6-7-11(9)12-14-13(16(2)3)17(4)15-12/h6-8H,1-5H3. The molecular weight excluding hydrogens is 228 g/mol. The van der Waals surface area contributed by atoms with Crippen LogP contribution in [0.1, 0.15) is 5.56 Å². The van der Waals surface area contributed by atoms with Gasteiger partial charge in [-0.1, -0.05) is 0 Å². The molecule has 0 saturated heterocycles. The summed E-state index contributed by atoms with van der Waals surface area (Å²) in [6.07, 6.45) is 0. The maximum absolute atomic E-state index is 5.20. The monoisotopic (exact) mass is 246 g/mol. The van der Waals surface area contributed by atoms with E-state index in [2.05, 4.69) is 10.1 Å². The fourth-order valence-electron chi connectivity index (χ4n) is 1.89. The van der Waals surface area contributed by atoms with E-state index >= 15 is 0 Å². The first-order valence-corrected chi connectivity index (χ1v) is 5.76. The Morgan fingerprint density at radius 2 is 2.00 bits per heavy atom. The minimum Gasteiger partial charge on any atom is -0.497 e. The van der Waals surface area contributed by atoms with E-state index in [1.807, 2.05) is 51.2 Å². The van der Waals surface area contributed by atoms with Crippen LogP contribution in [-0.4, -0.2) is 36.0 Å². The second-order valence-electron chi connectivity index (χ2n) is 4.43. The largest absolute Gasteiger partial charge is 0.497 e. The summed E-state index contributed by atoms with van der Waals surface area (Å²) >= 11 is 0. The third kappa shape index (κ3) is 2.16. The number of aryl methyl sites for hydroxylation is 2. The summed E-state index contributed by atoms with van der Waals surface area (Å²) in [4.78, 5) is 6.47. The quantitative estimate of drug-likeness (QED) is 0.829. The second-order valence-corrected chi connectivity index (χ2v) is 4.43. The Balaban J connectivity index is 2.46. The van der Waals surface area contributed by atoms with Gasteiger partial charge in [0.15, 0.2) is 5.82 Å². The van der Waals surface area contributed by atoms with Crippen LogP contribution in [0.25, 0.3) is 11.4 Å². The molecule has 0 atom stereocenters. The molecule has 0 amide bonds. The van der Waals surface area contributed by atoms with E-state index in [1.165, 1.54) is 0 Å². The fraction of sp³-hybridized carbons (Fsp3) is 0.385. The second kappa shape index (κ2) is 4.68. The highest BCUT2D eigenvalue weighted by atomic mass is 16.5. The first-order chi connectivity index (χ1) is 8.52. The minimum absolute atomic E-state index is 0.737. The first-order valence-electron chi connectivity index (χ1n) is 5.76. The molecule has 5 nitrogen and oxygen atoms in total. The van der Waals surface area contributed by atoms with Gasteiger partial charge in [0.05, 0.1) is 7.11 Å². The first kappa shape index (κ1) is 12.4. The van der Waals surface area contributed by atoms with Crippen LogP contribution in [0.2, 0.25) is 0 Å². The molecule has 0 unspecified atom stereocenters. The highest BCUT2D eigenvalue weighted by molar-refractivity contribution is 5.62. The van der Waals surface area contributed by atoms with Gasteiger partial charge >= 0.3 is 0 Å². The number of hydrogen-bond acceptors (Lipinski definition) is 4. The lowest BCUT2D eigenvalue weighted by Crippen LogP contribution is -2.14. The lowest BCUT2D eigenvalue weighted by Gasteiger charge is -2.08. The average Bonchev–Trinajstić information content (AvgIpc) is 2.71. The van der Waals surface area contributed by atoms with Crippen LogP contribution in [0, 0.1) is 6.92 Å². The summed E-state index contributed by atoms with van der Waals surface area (Å²) < 4.78 is 6.98. The van der Waals surface area contributed by atoms with Crippen LogP contribution in [0.5, 0.6) is 5.75 Å². The molecule has 0 spiro atoms. The lowest BCUT2D eigenvalue weighted by atomic mass is 10.1. The smallest absolute Gasteiger partial charge is 0.223 e. The van der Waals surface area contributed by atoms with Gasteiger partial charge in [-0.3, -0.25) is 0 Å². The van der Waals surface area contributed by atoms with Crippen molar-refractivity contribution in [2.24, 2.45) is 7.05 Å². The zero-order valence-corrected chi connectivity index (χ0v) is 11.4. The van der Waals surface area contributed by atoms with Gasteiger partial charge in [-0.25, -0.2) is 4.68 Å². The number of methoxy groups -OCH3 is 1. The fourth-order valence-corrected chi connectivity index (χ4v) is 1.89. The van der Waals surface area contributed by atoms with Gasteiger partial charge in [-0.15, -0.1) is 5.10 Å². The van der Waals surface area contributed by atoms with E-state index in [4.69, 9.17) is 4.74 Å². The predicted octanol–water partition coefficient (Wildman–Crippen LogP) is 1.87. The van der Waals surface area contributed by atoms with E-state index in [9.17, 15) is 0 Å². The van der Waals surface area contributed by atoms with Crippen LogP contribution in [0.15, 0.2) is 18.2 Å². The van der Waals surface area contributed by atoms with Crippen molar-refractivity contribution in [3.63, 3.8) is 0 Å². The topological polar surface area (TPSA) is 43.2 Å². The molecule has 1 aromatic carbocycles. The molecule has 5 heteroatoms. The average molecular weight is 246 g/mol. The van der Waals surface area contributed by atoms with Gasteiger partial charge in [-0.2, -0.15) is 4.98 Å². The van der Waals surface area contributed by atoms with Crippen LogP contribution in [0.3, 0.4) is 0 Å². The summed E-state index contributed by atoms with van der Waals surface area (Å²) in [7, 11) is 7.46. The number of ether oxygens (including phenoxy) is 1. The molecule has 0 saturated carbocycles. The van der Waals surface area contributed by atoms with E-state index in [1.54, 1.807) is 11.8 Å². The third-order valence-electron chi connectivity index (χ3n) is 2.81. The normalized spacial score (nSPS) is 10.5. The Morgan fingerprint density at radius 1 is 1.28 bits per heavy atom. The minimum atomic E-state index is 0.737. The van der Waals surface area contributed by atoms with Gasteiger partial charge in [0.2, 0.25) is 5.95 Å². The summed E-state index contributed by atoms with van der Waals surface area (Å²) in [5.74, 6) is 2.42. The van der Waals surface area contributed by atoms with Crippen LogP contribution < -0.4 is 9.64 Å². The molecule has 0 aliphatic heterocycles. The van der Waals surface area contributed by atoms with Crippen molar-refractivity contribution in [2.45, 2.75) is 6.92 Å². The van der Waals surface area contributed by atoms with Gasteiger partial charge < -0.3 is 9.64 Å².